The first-order chi connectivity index (χ1) is 8.93. The van der Waals surface area contributed by atoms with Crippen molar-refractivity contribution in [2.24, 2.45) is 4.99 Å². The van der Waals surface area contributed by atoms with Gasteiger partial charge in [0.2, 0.25) is 5.91 Å². The van der Waals surface area contributed by atoms with Crippen LogP contribution < -0.4 is 0 Å². The Morgan fingerprint density at radius 2 is 1.53 bits per heavy atom. The summed E-state index contributed by atoms with van der Waals surface area (Å²) in [5.41, 5.74) is 0. The monoisotopic (exact) mass is 268 g/mol. The van der Waals surface area contributed by atoms with Gasteiger partial charge in [0.25, 0.3) is 0 Å². The summed E-state index contributed by atoms with van der Waals surface area (Å²) >= 11 is 0. The van der Waals surface area contributed by atoms with Gasteiger partial charge < -0.3 is 14.7 Å². The van der Waals surface area contributed by atoms with Crippen molar-refractivity contribution in [1.29, 1.82) is 0 Å². The van der Waals surface area contributed by atoms with Crippen LogP contribution in [0.1, 0.15) is 32.1 Å². The van der Waals surface area contributed by atoms with Crippen LogP contribution in [0.2, 0.25) is 0 Å². The molecule has 1 fully saturated rings. The molecule has 1 saturated carbocycles. The highest BCUT2D eigenvalue weighted by Crippen LogP contribution is 2.21. The highest BCUT2D eigenvalue weighted by molar-refractivity contribution is 5.84. The summed E-state index contributed by atoms with van der Waals surface area (Å²) in [6.07, 6.45) is 6.07. The summed E-state index contributed by atoms with van der Waals surface area (Å²) < 4.78 is 0. The molecule has 110 valence electrons. The molecule has 0 heterocycles. The second kappa shape index (κ2) is 7.36. The molecule has 1 rings (SSSR count). The Morgan fingerprint density at radius 1 is 1.00 bits per heavy atom. The van der Waals surface area contributed by atoms with Crippen molar-refractivity contribution in [3.63, 3.8) is 0 Å². The Balaban J connectivity index is 2.55. The van der Waals surface area contributed by atoms with E-state index in [1.54, 1.807) is 0 Å². The maximum Gasteiger partial charge on any atom is 0.244 e. The van der Waals surface area contributed by atoms with Gasteiger partial charge in [0.1, 0.15) is 6.54 Å². The minimum atomic E-state index is 0.119. The highest BCUT2D eigenvalue weighted by atomic mass is 16.2. The number of nitrogens with zero attached hydrogens (tertiary/aromatic N) is 4. The molecule has 0 atom stereocenters. The molecule has 1 aliphatic carbocycles. The summed E-state index contributed by atoms with van der Waals surface area (Å²) in [7, 11) is 9.67. The van der Waals surface area contributed by atoms with E-state index in [0.29, 0.717) is 6.04 Å². The fourth-order valence-corrected chi connectivity index (χ4v) is 2.60. The van der Waals surface area contributed by atoms with Crippen LogP contribution in [0.5, 0.6) is 0 Å². The average molecular weight is 268 g/mol. The molecular weight excluding hydrogens is 240 g/mol. The van der Waals surface area contributed by atoms with Crippen LogP contribution in [-0.2, 0) is 4.79 Å². The molecule has 0 radical (unpaired) electrons. The summed E-state index contributed by atoms with van der Waals surface area (Å²) in [5.74, 6) is 0.943. The number of carbonyl (C=O) groups excluding carboxylic acids is 1. The van der Waals surface area contributed by atoms with Crippen molar-refractivity contribution in [2.75, 3.05) is 41.8 Å². The Labute approximate surface area is 117 Å². The van der Waals surface area contributed by atoms with Crippen molar-refractivity contribution in [2.45, 2.75) is 38.1 Å². The molecule has 5 heteroatoms. The fraction of sp³-hybridized carbons (Fsp3) is 0.857. The third-order valence-electron chi connectivity index (χ3n) is 3.67. The van der Waals surface area contributed by atoms with Crippen LogP contribution in [0.4, 0.5) is 0 Å². The van der Waals surface area contributed by atoms with Crippen LogP contribution in [0, 0.1) is 0 Å². The van der Waals surface area contributed by atoms with Gasteiger partial charge in [0.15, 0.2) is 5.96 Å². The second-order valence-corrected chi connectivity index (χ2v) is 5.70. The van der Waals surface area contributed by atoms with Crippen molar-refractivity contribution in [1.82, 2.24) is 14.7 Å². The van der Waals surface area contributed by atoms with Crippen molar-refractivity contribution >= 4 is 11.9 Å². The summed E-state index contributed by atoms with van der Waals surface area (Å²) in [6, 6.07) is 0.415. The number of likely N-dealkylation sites (N-methyl/N-ethyl adjacent to an activating group) is 1. The van der Waals surface area contributed by atoms with Gasteiger partial charge in [0, 0.05) is 41.3 Å². The molecule has 0 unspecified atom stereocenters. The van der Waals surface area contributed by atoms with Crippen LogP contribution in [0.25, 0.3) is 0 Å². The van der Waals surface area contributed by atoms with Crippen LogP contribution in [0.15, 0.2) is 4.99 Å². The van der Waals surface area contributed by atoms with Crippen LogP contribution >= 0.6 is 0 Å². The van der Waals surface area contributed by atoms with E-state index in [1.165, 1.54) is 19.3 Å². The SMILES string of the molecule is CN(C)C(=NCC(=O)N(C)C1CCCCC1)N(C)C. The summed E-state index contributed by atoms with van der Waals surface area (Å²) in [4.78, 5) is 22.3. The number of hydrogen-bond acceptors (Lipinski definition) is 2. The molecule has 0 aromatic carbocycles. The van der Waals surface area contributed by atoms with Crippen molar-refractivity contribution in [3.8, 4) is 0 Å². The lowest BCUT2D eigenvalue weighted by molar-refractivity contribution is -0.130. The zero-order valence-corrected chi connectivity index (χ0v) is 13.0. The van der Waals surface area contributed by atoms with E-state index in [0.717, 1.165) is 18.8 Å². The van der Waals surface area contributed by atoms with Gasteiger partial charge in [-0.05, 0) is 12.8 Å². The standard InChI is InChI=1S/C14H28N4O/c1-16(2)14(17(3)4)15-11-13(19)18(5)12-9-7-6-8-10-12/h12H,6-11H2,1-5H3. The highest BCUT2D eigenvalue weighted by Gasteiger charge is 2.21. The van der Waals surface area contributed by atoms with Gasteiger partial charge in [0.05, 0.1) is 0 Å². The molecule has 0 aromatic heterocycles. The van der Waals surface area contributed by atoms with Gasteiger partial charge in [-0.25, -0.2) is 4.99 Å². The molecule has 0 saturated heterocycles. The van der Waals surface area contributed by atoms with E-state index in [4.69, 9.17) is 0 Å². The van der Waals surface area contributed by atoms with Crippen LogP contribution in [-0.4, -0.2) is 74.4 Å². The molecule has 1 amide bonds. The van der Waals surface area contributed by atoms with E-state index in [2.05, 4.69) is 4.99 Å². The zero-order valence-electron chi connectivity index (χ0n) is 13.0. The predicted molar refractivity (Wildman–Crippen MR) is 79.3 cm³/mol. The Bertz CT molecular complexity index is 309. The smallest absolute Gasteiger partial charge is 0.244 e. The van der Waals surface area contributed by atoms with Gasteiger partial charge >= 0.3 is 0 Å². The third-order valence-corrected chi connectivity index (χ3v) is 3.67. The number of carbonyl (C=O) groups is 1. The van der Waals surface area contributed by atoms with E-state index in [-0.39, 0.29) is 12.5 Å². The van der Waals surface area contributed by atoms with Gasteiger partial charge in [-0.1, -0.05) is 19.3 Å². The minimum Gasteiger partial charge on any atom is -0.349 e. The molecule has 0 N–H and O–H groups in total. The van der Waals surface area contributed by atoms with Crippen molar-refractivity contribution < 1.29 is 4.79 Å². The number of rotatable bonds is 3. The average Bonchev–Trinajstić information content (AvgIpc) is 2.38. The number of amides is 1. The number of hydrogen-bond donors (Lipinski definition) is 0. The molecule has 0 spiro atoms. The van der Waals surface area contributed by atoms with E-state index in [1.807, 2.05) is 49.9 Å². The fourth-order valence-electron chi connectivity index (χ4n) is 2.60. The van der Waals surface area contributed by atoms with E-state index in [9.17, 15) is 4.79 Å². The van der Waals surface area contributed by atoms with Crippen LogP contribution in [0.3, 0.4) is 0 Å². The molecule has 0 aliphatic heterocycles. The predicted octanol–water partition coefficient (Wildman–Crippen LogP) is 1.26. The van der Waals surface area contributed by atoms with Gasteiger partial charge in [-0.2, -0.15) is 0 Å². The second-order valence-electron chi connectivity index (χ2n) is 5.70. The Kier molecular flexibility index (Phi) is 6.12. The lowest BCUT2D eigenvalue weighted by Gasteiger charge is -2.31. The first-order valence-electron chi connectivity index (χ1n) is 7.08. The molecule has 0 bridgehead atoms. The summed E-state index contributed by atoms with van der Waals surface area (Å²) in [5, 5.41) is 0. The zero-order chi connectivity index (χ0) is 14.4. The maximum atomic E-state index is 12.2. The molecule has 0 aromatic rings. The molecule has 1 aliphatic rings. The van der Waals surface area contributed by atoms with E-state index < -0.39 is 0 Å². The quantitative estimate of drug-likeness (QED) is 0.571. The lowest BCUT2D eigenvalue weighted by Crippen LogP contribution is -2.41. The lowest BCUT2D eigenvalue weighted by atomic mass is 9.94. The van der Waals surface area contributed by atoms with Crippen molar-refractivity contribution in [3.05, 3.63) is 0 Å². The molecular formula is C14H28N4O. The molecule has 5 nitrogen and oxygen atoms in total. The number of aliphatic imine (C=N–C) groups is 1. The largest absolute Gasteiger partial charge is 0.349 e. The first-order valence-corrected chi connectivity index (χ1v) is 7.08. The third kappa shape index (κ3) is 4.73. The molecule has 19 heavy (non-hydrogen) atoms. The topological polar surface area (TPSA) is 39.2 Å². The summed E-state index contributed by atoms with van der Waals surface area (Å²) in [6.45, 7) is 0.235. The Morgan fingerprint density at radius 3 is 2.00 bits per heavy atom. The maximum absolute atomic E-state index is 12.2. The van der Waals surface area contributed by atoms with Gasteiger partial charge in [-0.15, -0.1) is 0 Å². The first kappa shape index (κ1) is 15.8. The Hall–Kier alpha value is -1.26. The number of guanidine groups is 1. The van der Waals surface area contributed by atoms with Gasteiger partial charge in [-0.3, -0.25) is 4.79 Å². The normalized spacial score (nSPS) is 15.8. The van der Waals surface area contributed by atoms with E-state index >= 15 is 0 Å². The minimum absolute atomic E-state index is 0.119.